The highest BCUT2D eigenvalue weighted by atomic mass is 16.4. The van der Waals surface area contributed by atoms with Gasteiger partial charge in [-0.1, -0.05) is 12.1 Å². The number of aromatic nitrogens is 3. The zero-order valence-corrected chi connectivity index (χ0v) is 12.2. The van der Waals surface area contributed by atoms with Crippen molar-refractivity contribution in [3.05, 3.63) is 66.0 Å². The molecule has 0 aromatic carbocycles. The van der Waals surface area contributed by atoms with Crippen LogP contribution in [-0.2, 0) is 0 Å². The Kier molecular flexibility index (Phi) is 3.98. The molecule has 24 heavy (non-hydrogen) atoms. The van der Waals surface area contributed by atoms with Crippen LogP contribution in [0.5, 0.6) is 0 Å². The number of aromatic carboxylic acids is 2. The molecule has 7 heteroatoms. The van der Waals surface area contributed by atoms with Crippen LogP contribution >= 0.6 is 0 Å². The Morgan fingerprint density at radius 1 is 0.750 bits per heavy atom. The van der Waals surface area contributed by atoms with Crippen LogP contribution in [-0.4, -0.2) is 37.1 Å². The van der Waals surface area contributed by atoms with Gasteiger partial charge in [0.05, 0.1) is 22.5 Å². The standard InChI is InChI=1S/C17H11N3O4/c21-16(22)10-9-11(17(23)24)15(13-6-2-4-8-19-13)20-14(10)12-5-1-3-7-18-12/h1-9H,(H,21,22)(H,23,24). The highest BCUT2D eigenvalue weighted by molar-refractivity contribution is 6.01. The van der Waals surface area contributed by atoms with E-state index >= 15 is 0 Å². The van der Waals surface area contributed by atoms with Crippen molar-refractivity contribution in [1.29, 1.82) is 0 Å². The third-order valence-electron chi connectivity index (χ3n) is 3.30. The molecule has 0 amide bonds. The monoisotopic (exact) mass is 321 g/mol. The van der Waals surface area contributed by atoms with Crippen molar-refractivity contribution < 1.29 is 19.8 Å². The normalized spacial score (nSPS) is 10.3. The van der Waals surface area contributed by atoms with Crippen molar-refractivity contribution in [2.75, 3.05) is 0 Å². The second-order valence-electron chi connectivity index (χ2n) is 4.82. The molecular weight excluding hydrogens is 310 g/mol. The van der Waals surface area contributed by atoms with E-state index in [0.717, 1.165) is 6.07 Å². The highest BCUT2D eigenvalue weighted by Gasteiger charge is 2.23. The van der Waals surface area contributed by atoms with E-state index in [-0.39, 0.29) is 22.5 Å². The lowest BCUT2D eigenvalue weighted by Gasteiger charge is -2.11. The molecule has 3 aromatic heterocycles. The highest BCUT2D eigenvalue weighted by Crippen LogP contribution is 2.27. The molecule has 3 aromatic rings. The first-order valence-electron chi connectivity index (χ1n) is 6.92. The summed E-state index contributed by atoms with van der Waals surface area (Å²) in [6, 6.07) is 11.1. The Morgan fingerprint density at radius 3 is 1.54 bits per heavy atom. The van der Waals surface area contributed by atoms with Crippen LogP contribution in [0.2, 0.25) is 0 Å². The lowest BCUT2D eigenvalue weighted by Crippen LogP contribution is -2.10. The van der Waals surface area contributed by atoms with Gasteiger partial charge in [-0.05, 0) is 30.3 Å². The summed E-state index contributed by atoms with van der Waals surface area (Å²) < 4.78 is 0. The maximum Gasteiger partial charge on any atom is 0.338 e. The zero-order valence-electron chi connectivity index (χ0n) is 12.2. The second kappa shape index (κ2) is 6.25. The third kappa shape index (κ3) is 2.82. The Bertz CT molecular complexity index is 839. The first-order chi connectivity index (χ1) is 11.6. The summed E-state index contributed by atoms with van der Waals surface area (Å²) in [6.07, 6.45) is 3.02. The lowest BCUT2D eigenvalue weighted by atomic mass is 10.0. The Balaban J connectivity index is 2.33. The van der Waals surface area contributed by atoms with Crippen molar-refractivity contribution in [2.45, 2.75) is 0 Å². The fourth-order valence-electron chi connectivity index (χ4n) is 2.24. The maximum atomic E-state index is 11.5. The average Bonchev–Trinajstić information content (AvgIpc) is 2.62. The quantitative estimate of drug-likeness (QED) is 0.759. The zero-order chi connectivity index (χ0) is 17.1. The van der Waals surface area contributed by atoms with Crippen molar-refractivity contribution in [1.82, 2.24) is 15.0 Å². The molecule has 0 unspecified atom stereocenters. The number of carbonyl (C=O) groups is 2. The molecular formula is C17H11N3O4. The number of rotatable bonds is 4. The number of hydrogen-bond donors (Lipinski definition) is 2. The molecule has 0 aliphatic carbocycles. The minimum atomic E-state index is -1.28. The van der Waals surface area contributed by atoms with Gasteiger partial charge >= 0.3 is 11.9 Å². The third-order valence-corrected chi connectivity index (χ3v) is 3.30. The summed E-state index contributed by atoms with van der Waals surface area (Å²) in [4.78, 5) is 35.6. The summed E-state index contributed by atoms with van der Waals surface area (Å²) >= 11 is 0. The van der Waals surface area contributed by atoms with E-state index in [2.05, 4.69) is 15.0 Å². The molecule has 0 fully saturated rings. The summed E-state index contributed by atoms with van der Waals surface area (Å²) in [5.74, 6) is -2.56. The predicted molar refractivity (Wildman–Crippen MR) is 84.6 cm³/mol. The van der Waals surface area contributed by atoms with Gasteiger partial charge in [-0.2, -0.15) is 0 Å². The number of nitrogens with zero attached hydrogens (tertiary/aromatic N) is 3. The van der Waals surface area contributed by atoms with E-state index in [0.29, 0.717) is 11.4 Å². The van der Waals surface area contributed by atoms with E-state index in [1.807, 2.05) is 0 Å². The number of pyridine rings is 3. The minimum Gasteiger partial charge on any atom is -0.478 e. The first-order valence-corrected chi connectivity index (χ1v) is 6.92. The average molecular weight is 321 g/mol. The van der Waals surface area contributed by atoms with E-state index in [4.69, 9.17) is 0 Å². The van der Waals surface area contributed by atoms with Crippen LogP contribution in [0.3, 0.4) is 0 Å². The van der Waals surface area contributed by atoms with Crippen molar-refractivity contribution in [3.63, 3.8) is 0 Å². The van der Waals surface area contributed by atoms with Crippen LogP contribution in [0.1, 0.15) is 20.7 Å². The molecule has 0 spiro atoms. The first kappa shape index (κ1) is 15.3. The smallest absolute Gasteiger partial charge is 0.338 e. The SMILES string of the molecule is O=C(O)c1cc(C(=O)O)c(-c2ccccn2)nc1-c1ccccn1. The minimum absolute atomic E-state index is 0.0914. The van der Waals surface area contributed by atoms with Crippen LogP contribution < -0.4 is 0 Å². The van der Waals surface area contributed by atoms with Gasteiger partial charge in [0.25, 0.3) is 0 Å². The van der Waals surface area contributed by atoms with E-state index in [1.165, 1.54) is 12.4 Å². The molecule has 0 atom stereocenters. The Labute approximate surface area is 136 Å². The van der Waals surface area contributed by atoms with Gasteiger partial charge in [0, 0.05) is 12.4 Å². The predicted octanol–water partition coefficient (Wildman–Crippen LogP) is 2.60. The van der Waals surface area contributed by atoms with Gasteiger partial charge in [-0.3, -0.25) is 9.97 Å². The number of carboxylic acid groups (broad SMARTS) is 2. The number of hydrogen-bond acceptors (Lipinski definition) is 5. The van der Waals surface area contributed by atoms with E-state index in [1.54, 1.807) is 36.4 Å². The molecule has 0 saturated carbocycles. The van der Waals surface area contributed by atoms with Gasteiger partial charge in [0.15, 0.2) is 0 Å². The fraction of sp³-hybridized carbons (Fsp3) is 0. The van der Waals surface area contributed by atoms with Gasteiger partial charge in [0.2, 0.25) is 0 Å². The molecule has 0 saturated heterocycles. The van der Waals surface area contributed by atoms with Crippen molar-refractivity contribution >= 4 is 11.9 Å². The van der Waals surface area contributed by atoms with Crippen molar-refractivity contribution in [3.8, 4) is 22.8 Å². The van der Waals surface area contributed by atoms with Gasteiger partial charge in [0.1, 0.15) is 11.4 Å². The largest absolute Gasteiger partial charge is 0.478 e. The number of carboxylic acids is 2. The molecule has 3 heterocycles. The van der Waals surface area contributed by atoms with Gasteiger partial charge in [-0.15, -0.1) is 0 Å². The van der Waals surface area contributed by atoms with E-state index in [9.17, 15) is 19.8 Å². The van der Waals surface area contributed by atoms with Crippen molar-refractivity contribution in [2.24, 2.45) is 0 Å². The topological polar surface area (TPSA) is 113 Å². The molecule has 118 valence electrons. The Morgan fingerprint density at radius 2 is 1.21 bits per heavy atom. The fourth-order valence-corrected chi connectivity index (χ4v) is 2.24. The summed E-state index contributed by atoms with van der Waals surface area (Å²) in [5, 5.41) is 18.8. The molecule has 0 bridgehead atoms. The summed E-state index contributed by atoms with van der Waals surface area (Å²) in [7, 11) is 0. The van der Waals surface area contributed by atoms with Gasteiger partial charge in [-0.25, -0.2) is 14.6 Å². The van der Waals surface area contributed by atoms with Crippen LogP contribution in [0, 0.1) is 0 Å². The van der Waals surface area contributed by atoms with Gasteiger partial charge < -0.3 is 10.2 Å². The summed E-state index contributed by atoms with van der Waals surface area (Å²) in [6.45, 7) is 0. The molecule has 3 rings (SSSR count). The molecule has 0 radical (unpaired) electrons. The molecule has 2 N–H and O–H groups in total. The van der Waals surface area contributed by atoms with Crippen LogP contribution in [0.25, 0.3) is 22.8 Å². The molecule has 0 aliphatic rings. The Hall–Kier alpha value is -3.61. The van der Waals surface area contributed by atoms with Crippen LogP contribution in [0.15, 0.2) is 54.9 Å². The van der Waals surface area contributed by atoms with E-state index < -0.39 is 11.9 Å². The lowest BCUT2D eigenvalue weighted by molar-refractivity contribution is 0.0696. The summed E-state index contributed by atoms with van der Waals surface area (Å²) in [5.41, 5.74) is 0.395. The molecule has 0 aliphatic heterocycles. The maximum absolute atomic E-state index is 11.5. The second-order valence-corrected chi connectivity index (χ2v) is 4.82. The van der Waals surface area contributed by atoms with Crippen LogP contribution in [0.4, 0.5) is 0 Å². The molecule has 7 nitrogen and oxygen atoms in total.